The maximum absolute atomic E-state index is 12.8. The molecule has 1 aliphatic heterocycles. The van der Waals surface area contributed by atoms with Gasteiger partial charge in [0.1, 0.15) is 5.82 Å². The Kier molecular flexibility index (Phi) is 4.29. The molecule has 3 nitrogen and oxygen atoms in total. The predicted octanol–water partition coefficient (Wildman–Crippen LogP) is 2.90. The van der Waals surface area contributed by atoms with Crippen molar-refractivity contribution in [2.75, 3.05) is 18.4 Å². The van der Waals surface area contributed by atoms with Crippen LogP contribution < -0.4 is 10.6 Å². The van der Waals surface area contributed by atoms with Crippen LogP contribution in [0, 0.1) is 5.92 Å². The molecular formula is C13H18F3N3. The molecule has 106 valence electrons. The molecular weight excluding hydrogens is 255 g/mol. The first-order valence-corrected chi connectivity index (χ1v) is 6.48. The summed E-state index contributed by atoms with van der Waals surface area (Å²) < 4.78 is 38.5. The van der Waals surface area contributed by atoms with E-state index in [9.17, 15) is 13.2 Å². The van der Waals surface area contributed by atoms with E-state index in [1.165, 1.54) is 12.3 Å². The van der Waals surface area contributed by atoms with Gasteiger partial charge in [0.25, 0.3) is 0 Å². The summed E-state index contributed by atoms with van der Waals surface area (Å²) in [4.78, 5) is 3.83. The van der Waals surface area contributed by atoms with Gasteiger partial charge in [-0.25, -0.2) is 4.98 Å². The highest BCUT2D eigenvalue weighted by molar-refractivity contribution is 5.46. The molecule has 0 spiro atoms. The first-order chi connectivity index (χ1) is 8.98. The average molecular weight is 273 g/mol. The number of alkyl halides is 3. The highest BCUT2D eigenvalue weighted by Crippen LogP contribution is 2.34. The Hall–Kier alpha value is -1.30. The standard InChI is InChI=1S/C13H18F3N3/c1-9(10-4-2-6-17-8-10)19-12-11(13(14,15)16)5-3-7-18-12/h3,5,7,9-10,17H,2,4,6,8H2,1H3,(H,18,19). The normalized spacial score (nSPS) is 22.0. The lowest BCUT2D eigenvalue weighted by Gasteiger charge is -2.29. The highest BCUT2D eigenvalue weighted by Gasteiger charge is 2.34. The predicted molar refractivity (Wildman–Crippen MR) is 67.9 cm³/mol. The van der Waals surface area contributed by atoms with Crippen LogP contribution in [0.15, 0.2) is 18.3 Å². The zero-order valence-corrected chi connectivity index (χ0v) is 10.8. The number of aromatic nitrogens is 1. The molecule has 0 radical (unpaired) electrons. The fourth-order valence-corrected chi connectivity index (χ4v) is 2.39. The largest absolute Gasteiger partial charge is 0.419 e. The fraction of sp³-hybridized carbons (Fsp3) is 0.615. The zero-order valence-electron chi connectivity index (χ0n) is 10.8. The molecule has 2 N–H and O–H groups in total. The minimum absolute atomic E-state index is 0.0381. The smallest absolute Gasteiger partial charge is 0.367 e. The molecule has 1 fully saturated rings. The van der Waals surface area contributed by atoms with Crippen molar-refractivity contribution in [3.05, 3.63) is 23.9 Å². The van der Waals surface area contributed by atoms with Gasteiger partial charge in [-0.3, -0.25) is 0 Å². The Balaban J connectivity index is 2.10. The summed E-state index contributed by atoms with van der Waals surface area (Å²) in [5, 5.41) is 6.18. The van der Waals surface area contributed by atoms with Crippen molar-refractivity contribution in [1.29, 1.82) is 0 Å². The minimum Gasteiger partial charge on any atom is -0.367 e. The Bertz CT molecular complexity index is 414. The summed E-state index contributed by atoms with van der Waals surface area (Å²) in [6, 6.07) is 2.32. The van der Waals surface area contributed by atoms with Crippen LogP contribution in [0.5, 0.6) is 0 Å². The molecule has 2 unspecified atom stereocenters. The van der Waals surface area contributed by atoms with Gasteiger partial charge < -0.3 is 10.6 Å². The molecule has 0 bridgehead atoms. The molecule has 1 aromatic rings. The van der Waals surface area contributed by atoms with Crippen molar-refractivity contribution < 1.29 is 13.2 Å². The number of piperidine rings is 1. The van der Waals surface area contributed by atoms with Crippen molar-refractivity contribution in [2.45, 2.75) is 32.0 Å². The van der Waals surface area contributed by atoms with Crippen LogP contribution in [0.25, 0.3) is 0 Å². The van der Waals surface area contributed by atoms with E-state index in [0.29, 0.717) is 5.92 Å². The van der Waals surface area contributed by atoms with Gasteiger partial charge in [-0.15, -0.1) is 0 Å². The SMILES string of the molecule is CC(Nc1ncccc1C(F)(F)F)C1CCCNC1. The lowest BCUT2D eigenvalue weighted by molar-refractivity contribution is -0.137. The van der Waals surface area contributed by atoms with E-state index < -0.39 is 11.7 Å². The molecule has 2 rings (SSSR count). The number of hydrogen-bond acceptors (Lipinski definition) is 3. The van der Waals surface area contributed by atoms with E-state index in [1.807, 2.05) is 6.92 Å². The number of anilines is 1. The second kappa shape index (κ2) is 5.77. The second-order valence-corrected chi connectivity index (χ2v) is 4.94. The third-order valence-corrected chi connectivity index (χ3v) is 3.52. The van der Waals surface area contributed by atoms with Gasteiger partial charge in [-0.2, -0.15) is 13.2 Å². The first kappa shape index (κ1) is 14.1. The van der Waals surface area contributed by atoms with Crippen molar-refractivity contribution in [2.24, 2.45) is 5.92 Å². The first-order valence-electron chi connectivity index (χ1n) is 6.48. The van der Waals surface area contributed by atoms with Crippen molar-refractivity contribution in [1.82, 2.24) is 10.3 Å². The lowest BCUT2D eigenvalue weighted by Crippen LogP contribution is -2.39. The van der Waals surface area contributed by atoms with E-state index in [-0.39, 0.29) is 11.9 Å². The molecule has 0 aromatic carbocycles. The van der Waals surface area contributed by atoms with Gasteiger partial charge in [0.05, 0.1) is 5.56 Å². The van der Waals surface area contributed by atoms with Gasteiger partial charge in [0.15, 0.2) is 0 Å². The maximum Gasteiger partial charge on any atom is 0.419 e. The summed E-state index contributed by atoms with van der Waals surface area (Å²) in [6.07, 6.45) is -0.912. The van der Waals surface area contributed by atoms with E-state index in [1.54, 1.807) is 0 Å². The molecule has 2 atom stereocenters. The van der Waals surface area contributed by atoms with E-state index in [2.05, 4.69) is 15.6 Å². The number of nitrogens with zero attached hydrogens (tertiary/aromatic N) is 1. The number of rotatable bonds is 3. The summed E-state index contributed by atoms with van der Waals surface area (Å²) in [6.45, 7) is 3.73. The number of nitrogens with one attached hydrogen (secondary N) is 2. The van der Waals surface area contributed by atoms with Crippen LogP contribution >= 0.6 is 0 Å². The minimum atomic E-state index is -4.37. The van der Waals surface area contributed by atoms with Crippen molar-refractivity contribution >= 4 is 5.82 Å². The Morgan fingerprint density at radius 2 is 2.26 bits per heavy atom. The van der Waals surface area contributed by atoms with Crippen molar-refractivity contribution in [3.63, 3.8) is 0 Å². The van der Waals surface area contributed by atoms with Gasteiger partial charge >= 0.3 is 6.18 Å². The van der Waals surface area contributed by atoms with E-state index >= 15 is 0 Å². The van der Waals surface area contributed by atoms with Gasteiger partial charge in [-0.05, 0) is 50.9 Å². The number of pyridine rings is 1. The molecule has 1 aliphatic rings. The van der Waals surface area contributed by atoms with Crippen LogP contribution in [-0.4, -0.2) is 24.1 Å². The summed E-state index contributed by atoms with van der Waals surface area (Å²) >= 11 is 0. The third-order valence-electron chi connectivity index (χ3n) is 3.52. The van der Waals surface area contributed by atoms with E-state index in [0.717, 1.165) is 32.0 Å². The van der Waals surface area contributed by atoms with Crippen LogP contribution in [0.4, 0.5) is 19.0 Å². The summed E-state index contributed by atoms with van der Waals surface area (Å²) in [5.74, 6) is 0.255. The fourth-order valence-electron chi connectivity index (χ4n) is 2.39. The van der Waals surface area contributed by atoms with Gasteiger partial charge in [0, 0.05) is 12.2 Å². The van der Waals surface area contributed by atoms with Crippen LogP contribution in [-0.2, 0) is 6.18 Å². The highest BCUT2D eigenvalue weighted by atomic mass is 19.4. The molecule has 0 aliphatic carbocycles. The van der Waals surface area contributed by atoms with Crippen LogP contribution in [0.2, 0.25) is 0 Å². The molecule has 6 heteroatoms. The summed E-state index contributed by atoms with van der Waals surface area (Å²) in [5.41, 5.74) is -0.703. The third kappa shape index (κ3) is 3.59. The van der Waals surface area contributed by atoms with E-state index in [4.69, 9.17) is 0 Å². The van der Waals surface area contributed by atoms with Crippen LogP contribution in [0.1, 0.15) is 25.3 Å². The van der Waals surface area contributed by atoms with Gasteiger partial charge in [0.2, 0.25) is 0 Å². The second-order valence-electron chi connectivity index (χ2n) is 4.94. The molecule has 0 saturated carbocycles. The quantitative estimate of drug-likeness (QED) is 0.889. The summed E-state index contributed by atoms with van der Waals surface area (Å²) in [7, 11) is 0. The topological polar surface area (TPSA) is 37.0 Å². The van der Waals surface area contributed by atoms with Crippen LogP contribution in [0.3, 0.4) is 0 Å². The zero-order chi connectivity index (χ0) is 13.9. The molecule has 1 saturated heterocycles. The Morgan fingerprint density at radius 1 is 1.47 bits per heavy atom. The van der Waals surface area contributed by atoms with Gasteiger partial charge in [-0.1, -0.05) is 0 Å². The maximum atomic E-state index is 12.8. The number of hydrogen-bond donors (Lipinski definition) is 2. The molecule has 2 heterocycles. The lowest BCUT2D eigenvalue weighted by atomic mass is 9.93. The average Bonchev–Trinajstić information content (AvgIpc) is 2.39. The molecule has 19 heavy (non-hydrogen) atoms. The Labute approximate surface area is 110 Å². The monoisotopic (exact) mass is 273 g/mol. The van der Waals surface area contributed by atoms with Crippen molar-refractivity contribution in [3.8, 4) is 0 Å². The molecule has 1 aromatic heterocycles. The molecule has 0 amide bonds. The number of halogens is 3. The Morgan fingerprint density at radius 3 is 2.89 bits per heavy atom.